The fourth-order valence-corrected chi connectivity index (χ4v) is 5.83. The Morgan fingerprint density at radius 3 is 2.48 bits per heavy atom. The molecule has 0 bridgehead atoms. The number of piperidine rings is 1. The number of likely N-dealkylation sites (tertiary alicyclic amines) is 1. The van der Waals surface area contributed by atoms with Crippen molar-refractivity contribution in [2.45, 2.75) is 57.6 Å². The predicted octanol–water partition coefficient (Wildman–Crippen LogP) is 4.63. The van der Waals surface area contributed by atoms with Crippen LogP contribution in [0.4, 0.5) is 5.69 Å². The van der Waals surface area contributed by atoms with Crippen LogP contribution < -0.4 is 14.8 Å². The number of hydrogen-bond donors (Lipinski definition) is 2. The van der Waals surface area contributed by atoms with Gasteiger partial charge in [-0.1, -0.05) is 25.0 Å². The fourth-order valence-electron chi connectivity index (χ4n) is 5.83. The highest BCUT2D eigenvalue weighted by atomic mass is 16.5. The Morgan fingerprint density at radius 2 is 1.79 bits per heavy atom. The van der Waals surface area contributed by atoms with E-state index in [0.29, 0.717) is 24.5 Å². The molecule has 0 radical (unpaired) electrons. The van der Waals surface area contributed by atoms with E-state index in [2.05, 4.69) is 16.3 Å². The van der Waals surface area contributed by atoms with E-state index in [1.54, 1.807) is 14.2 Å². The van der Waals surface area contributed by atoms with Crippen LogP contribution in [0.5, 0.6) is 11.5 Å². The van der Waals surface area contributed by atoms with E-state index < -0.39 is 5.60 Å². The van der Waals surface area contributed by atoms with Crippen LogP contribution in [0.15, 0.2) is 36.4 Å². The maximum absolute atomic E-state index is 13.1. The smallest absolute Gasteiger partial charge is 0.238 e. The van der Waals surface area contributed by atoms with Crippen molar-refractivity contribution in [2.75, 3.05) is 32.6 Å². The first-order chi connectivity index (χ1) is 15.8. The molecule has 0 aromatic heterocycles. The highest BCUT2D eigenvalue weighted by molar-refractivity contribution is 5.92. The summed E-state index contributed by atoms with van der Waals surface area (Å²) in [4.78, 5) is 15.3. The quantitative estimate of drug-likeness (QED) is 0.669. The van der Waals surface area contributed by atoms with Crippen LogP contribution in [0, 0.1) is 19.8 Å². The number of benzene rings is 2. The van der Waals surface area contributed by atoms with E-state index in [1.165, 1.54) is 0 Å². The third kappa shape index (κ3) is 5.02. The van der Waals surface area contributed by atoms with Crippen LogP contribution in [0.1, 0.15) is 54.8 Å². The molecule has 33 heavy (non-hydrogen) atoms. The molecule has 1 aliphatic heterocycles. The first-order valence-electron chi connectivity index (χ1n) is 11.9. The Morgan fingerprint density at radius 1 is 1.06 bits per heavy atom. The molecular formula is C27H36N2O4. The molecule has 0 spiro atoms. The minimum absolute atomic E-state index is 0.0354. The van der Waals surface area contributed by atoms with Crippen LogP contribution >= 0.6 is 0 Å². The minimum atomic E-state index is -0.684. The third-order valence-electron chi connectivity index (χ3n) is 7.27. The molecule has 1 aliphatic carbocycles. The number of hydrogen-bond acceptors (Lipinski definition) is 5. The van der Waals surface area contributed by atoms with Gasteiger partial charge >= 0.3 is 0 Å². The molecule has 2 aliphatic rings. The molecule has 2 N–H and O–H groups in total. The van der Waals surface area contributed by atoms with Gasteiger partial charge in [0.15, 0.2) is 11.5 Å². The van der Waals surface area contributed by atoms with Gasteiger partial charge in [-0.2, -0.15) is 0 Å². The second-order valence-corrected chi connectivity index (χ2v) is 9.66. The van der Waals surface area contributed by atoms with Gasteiger partial charge in [-0.3, -0.25) is 9.69 Å². The number of carbonyl (C=O) groups excluding carboxylic acids is 1. The lowest BCUT2D eigenvalue weighted by molar-refractivity contribution is -0.135. The van der Waals surface area contributed by atoms with Gasteiger partial charge in [-0.05, 0) is 74.1 Å². The van der Waals surface area contributed by atoms with Gasteiger partial charge in [0.1, 0.15) is 0 Å². The van der Waals surface area contributed by atoms with Crippen LogP contribution in [0.25, 0.3) is 0 Å². The zero-order valence-electron chi connectivity index (χ0n) is 20.2. The molecule has 2 aromatic carbocycles. The van der Waals surface area contributed by atoms with Crippen molar-refractivity contribution in [3.05, 3.63) is 53.1 Å². The lowest BCUT2D eigenvalue weighted by atomic mass is 9.66. The molecule has 6 heteroatoms. The molecule has 4 rings (SSSR count). The van der Waals surface area contributed by atoms with E-state index in [9.17, 15) is 9.90 Å². The van der Waals surface area contributed by atoms with E-state index in [0.717, 1.165) is 48.1 Å². The second-order valence-electron chi connectivity index (χ2n) is 9.66. The molecule has 2 fully saturated rings. The summed E-state index contributed by atoms with van der Waals surface area (Å²) in [5.41, 5.74) is 3.44. The lowest BCUT2D eigenvalue weighted by Gasteiger charge is -2.52. The van der Waals surface area contributed by atoms with E-state index in [4.69, 9.17) is 9.47 Å². The number of nitrogens with one attached hydrogen (secondary N) is 1. The molecule has 1 amide bonds. The molecule has 178 valence electrons. The summed E-state index contributed by atoms with van der Waals surface area (Å²) in [6.07, 6.45) is 4.62. The Hall–Kier alpha value is -2.57. The second kappa shape index (κ2) is 9.74. The van der Waals surface area contributed by atoms with Crippen LogP contribution in [0.2, 0.25) is 0 Å². The summed E-state index contributed by atoms with van der Waals surface area (Å²) >= 11 is 0. The van der Waals surface area contributed by atoms with Gasteiger partial charge in [0.05, 0.1) is 26.4 Å². The Bertz CT molecular complexity index is 987. The van der Waals surface area contributed by atoms with E-state index in [-0.39, 0.29) is 24.4 Å². The van der Waals surface area contributed by atoms with Gasteiger partial charge in [0, 0.05) is 24.2 Å². The lowest BCUT2D eigenvalue weighted by Crippen LogP contribution is -2.56. The largest absolute Gasteiger partial charge is 0.493 e. The number of ether oxygens (including phenoxy) is 2. The van der Waals surface area contributed by atoms with Crippen molar-refractivity contribution >= 4 is 11.6 Å². The van der Waals surface area contributed by atoms with Crippen molar-refractivity contribution in [3.8, 4) is 11.5 Å². The van der Waals surface area contributed by atoms with Crippen LogP contribution in [0.3, 0.4) is 0 Å². The number of carbonyl (C=O) groups is 1. The van der Waals surface area contributed by atoms with Crippen molar-refractivity contribution in [1.29, 1.82) is 0 Å². The summed E-state index contributed by atoms with van der Waals surface area (Å²) < 4.78 is 11.0. The van der Waals surface area contributed by atoms with Crippen LogP contribution in [-0.4, -0.2) is 48.8 Å². The monoisotopic (exact) mass is 452 g/mol. The molecule has 1 saturated heterocycles. The maximum Gasteiger partial charge on any atom is 0.238 e. The molecule has 1 heterocycles. The van der Waals surface area contributed by atoms with E-state index >= 15 is 0 Å². The first kappa shape index (κ1) is 23.6. The maximum atomic E-state index is 13.1. The van der Waals surface area contributed by atoms with Crippen molar-refractivity contribution in [3.63, 3.8) is 0 Å². The fraction of sp³-hybridized carbons (Fsp3) is 0.519. The summed E-state index contributed by atoms with van der Waals surface area (Å²) in [7, 11) is 3.26. The number of aryl methyl sites for hydroxylation is 2. The first-order valence-corrected chi connectivity index (χ1v) is 11.9. The van der Waals surface area contributed by atoms with Gasteiger partial charge in [0.2, 0.25) is 5.91 Å². The number of aliphatic hydroxyl groups is 1. The summed E-state index contributed by atoms with van der Waals surface area (Å²) in [5.74, 6) is 1.38. The number of fused-ring (bicyclic) bond motifs is 1. The van der Waals surface area contributed by atoms with Crippen LogP contribution in [-0.2, 0) is 4.79 Å². The average Bonchev–Trinajstić information content (AvgIpc) is 2.77. The highest BCUT2D eigenvalue weighted by Gasteiger charge is 2.49. The van der Waals surface area contributed by atoms with Gasteiger partial charge in [0.25, 0.3) is 0 Å². The molecule has 2 aromatic rings. The molecular weight excluding hydrogens is 416 g/mol. The minimum Gasteiger partial charge on any atom is -0.493 e. The van der Waals surface area contributed by atoms with Gasteiger partial charge < -0.3 is 19.9 Å². The summed E-state index contributed by atoms with van der Waals surface area (Å²) in [6.45, 7) is 5.01. The third-order valence-corrected chi connectivity index (χ3v) is 7.27. The van der Waals surface area contributed by atoms with Gasteiger partial charge in [-0.25, -0.2) is 0 Å². The topological polar surface area (TPSA) is 71.0 Å². The molecule has 1 saturated carbocycles. The number of anilines is 1. The highest BCUT2D eigenvalue weighted by Crippen LogP contribution is 2.50. The average molecular weight is 453 g/mol. The zero-order valence-corrected chi connectivity index (χ0v) is 20.2. The van der Waals surface area contributed by atoms with Gasteiger partial charge in [-0.15, -0.1) is 0 Å². The normalized spacial score (nSPS) is 25.2. The SMILES string of the molecule is COc1ccc(C2C3CCCCC3(O)CCN2CC(=O)Nc2cc(C)cc(C)c2)cc1OC. The molecule has 3 atom stereocenters. The Kier molecular flexibility index (Phi) is 6.96. The van der Waals surface area contributed by atoms with E-state index in [1.807, 2.05) is 44.2 Å². The number of nitrogens with zero attached hydrogens (tertiary/aromatic N) is 1. The number of amides is 1. The Balaban J connectivity index is 1.62. The number of rotatable bonds is 6. The van der Waals surface area contributed by atoms with Crippen molar-refractivity contribution in [1.82, 2.24) is 4.90 Å². The number of methoxy groups -OCH3 is 2. The zero-order chi connectivity index (χ0) is 23.6. The van der Waals surface area contributed by atoms with Crippen molar-refractivity contribution < 1.29 is 19.4 Å². The summed E-state index contributed by atoms with van der Waals surface area (Å²) in [6, 6.07) is 12.0. The Labute approximate surface area is 196 Å². The summed E-state index contributed by atoms with van der Waals surface area (Å²) in [5, 5.41) is 14.6. The molecule has 3 unspecified atom stereocenters. The van der Waals surface area contributed by atoms with Crippen molar-refractivity contribution in [2.24, 2.45) is 5.92 Å². The standard InChI is InChI=1S/C27H36N2O4/c1-18-13-19(2)15-21(14-18)28-25(30)17-29-12-11-27(31)10-6-5-7-22(27)26(29)20-8-9-23(32-3)24(16-20)33-4/h8-9,13-16,22,26,31H,5-7,10-12,17H2,1-4H3,(H,28,30). The molecule has 6 nitrogen and oxygen atoms in total. The predicted molar refractivity (Wildman–Crippen MR) is 130 cm³/mol.